The number of aromatic nitrogens is 2. The van der Waals surface area contributed by atoms with E-state index in [1.54, 1.807) is 0 Å². The van der Waals surface area contributed by atoms with E-state index in [2.05, 4.69) is 43.1 Å². The summed E-state index contributed by atoms with van der Waals surface area (Å²) < 4.78 is 5.79. The van der Waals surface area contributed by atoms with E-state index in [1.165, 1.54) is 11.1 Å². The van der Waals surface area contributed by atoms with Crippen LogP contribution in [0.15, 0.2) is 46.9 Å². The molecule has 0 aliphatic rings. The third kappa shape index (κ3) is 2.35. The fraction of sp³-hybridized carbons (Fsp3) is 0.176. The van der Waals surface area contributed by atoms with Crippen molar-refractivity contribution in [3.63, 3.8) is 0 Å². The fourth-order valence-electron chi connectivity index (χ4n) is 2.20. The average Bonchev–Trinajstić information content (AvgIpc) is 2.89. The maximum Gasteiger partial charge on any atom is 0.248 e. The molecule has 3 aromatic rings. The molecule has 0 saturated heterocycles. The van der Waals surface area contributed by atoms with Gasteiger partial charge in [0.1, 0.15) is 0 Å². The first-order chi connectivity index (χ1) is 9.63. The van der Waals surface area contributed by atoms with Crippen LogP contribution < -0.4 is 0 Å². The molecule has 0 unspecified atom stereocenters. The van der Waals surface area contributed by atoms with E-state index in [4.69, 9.17) is 4.42 Å². The SMILES string of the molecule is Cc1ccc(-c2nnc(-c3ccc(C)cc3C)o2)cc1. The molecule has 0 fully saturated rings. The number of nitrogens with zero attached hydrogens (tertiary/aromatic N) is 2. The summed E-state index contributed by atoms with van der Waals surface area (Å²) in [6.07, 6.45) is 0. The monoisotopic (exact) mass is 264 g/mol. The number of aryl methyl sites for hydroxylation is 3. The van der Waals surface area contributed by atoms with Gasteiger partial charge in [0.25, 0.3) is 0 Å². The highest BCUT2D eigenvalue weighted by Crippen LogP contribution is 2.26. The van der Waals surface area contributed by atoms with E-state index >= 15 is 0 Å². The predicted octanol–water partition coefficient (Wildman–Crippen LogP) is 4.33. The highest BCUT2D eigenvalue weighted by Gasteiger charge is 2.12. The summed E-state index contributed by atoms with van der Waals surface area (Å²) in [4.78, 5) is 0. The second kappa shape index (κ2) is 4.93. The molecule has 1 aromatic heterocycles. The van der Waals surface area contributed by atoms with E-state index < -0.39 is 0 Å². The van der Waals surface area contributed by atoms with Gasteiger partial charge in [-0.3, -0.25) is 0 Å². The molecular formula is C17H16N2O. The van der Waals surface area contributed by atoms with E-state index in [1.807, 2.05) is 30.3 Å². The molecule has 100 valence electrons. The number of hydrogen-bond donors (Lipinski definition) is 0. The van der Waals surface area contributed by atoms with Gasteiger partial charge in [-0.15, -0.1) is 10.2 Å². The maximum absolute atomic E-state index is 5.79. The Labute approximate surface area is 118 Å². The van der Waals surface area contributed by atoms with Crippen LogP contribution in [0.4, 0.5) is 0 Å². The first kappa shape index (κ1) is 12.6. The van der Waals surface area contributed by atoms with Gasteiger partial charge in [-0.25, -0.2) is 0 Å². The summed E-state index contributed by atoms with van der Waals surface area (Å²) >= 11 is 0. The van der Waals surface area contributed by atoms with E-state index in [-0.39, 0.29) is 0 Å². The molecule has 0 radical (unpaired) electrons. The van der Waals surface area contributed by atoms with Crippen molar-refractivity contribution in [2.45, 2.75) is 20.8 Å². The lowest BCUT2D eigenvalue weighted by Crippen LogP contribution is -1.84. The lowest BCUT2D eigenvalue weighted by molar-refractivity contribution is 0.584. The van der Waals surface area contributed by atoms with Crippen LogP contribution >= 0.6 is 0 Å². The lowest BCUT2D eigenvalue weighted by atomic mass is 10.1. The van der Waals surface area contributed by atoms with Gasteiger partial charge in [-0.1, -0.05) is 35.4 Å². The van der Waals surface area contributed by atoms with Crippen LogP contribution in [0.2, 0.25) is 0 Å². The zero-order valence-electron chi connectivity index (χ0n) is 11.8. The Morgan fingerprint density at radius 3 is 2.10 bits per heavy atom. The van der Waals surface area contributed by atoms with Gasteiger partial charge in [-0.05, 0) is 44.5 Å². The van der Waals surface area contributed by atoms with Gasteiger partial charge in [0, 0.05) is 11.1 Å². The summed E-state index contributed by atoms with van der Waals surface area (Å²) in [6, 6.07) is 14.3. The van der Waals surface area contributed by atoms with Crippen LogP contribution in [0.3, 0.4) is 0 Å². The normalized spacial score (nSPS) is 10.8. The summed E-state index contributed by atoms with van der Waals surface area (Å²) in [5, 5.41) is 8.30. The molecule has 3 heteroatoms. The lowest BCUT2D eigenvalue weighted by Gasteiger charge is -2.01. The van der Waals surface area contributed by atoms with Crippen LogP contribution in [-0.4, -0.2) is 10.2 Å². The van der Waals surface area contributed by atoms with E-state index in [0.29, 0.717) is 11.8 Å². The fourth-order valence-corrected chi connectivity index (χ4v) is 2.20. The molecule has 0 bridgehead atoms. The molecule has 0 atom stereocenters. The van der Waals surface area contributed by atoms with Crippen molar-refractivity contribution >= 4 is 0 Å². The van der Waals surface area contributed by atoms with Crippen molar-refractivity contribution in [1.29, 1.82) is 0 Å². The molecule has 20 heavy (non-hydrogen) atoms. The molecule has 0 amide bonds. The maximum atomic E-state index is 5.79. The standard InChI is InChI=1S/C17H16N2O/c1-11-4-7-14(8-5-11)16-18-19-17(20-16)15-9-6-12(2)10-13(15)3/h4-10H,1-3H3. The second-order valence-electron chi connectivity index (χ2n) is 5.10. The molecule has 2 aromatic carbocycles. The van der Waals surface area contributed by atoms with Crippen molar-refractivity contribution in [2.24, 2.45) is 0 Å². The third-order valence-corrected chi connectivity index (χ3v) is 3.34. The molecule has 3 rings (SSSR count). The Morgan fingerprint density at radius 1 is 0.750 bits per heavy atom. The number of benzene rings is 2. The van der Waals surface area contributed by atoms with Crippen molar-refractivity contribution in [1.82, 2.24) is 10.2 Å². The highest BCUT2D eigenvalue weighted by atomic mass is 16.4. The minimum Gasteiger partial charge on any atom is -0.416 e. The van der Waals surface area contributed by atoms with Crippen molar-refractivity contribution in [2.75, 3.05) is 0 Å². The van der Waals surface area contributed by atoms with Gasteiger partial charge in [0.05, 0.1) is 0 Å². The topological polar surface area (TPSA) is 38.9 Å². The van der Waals surface area contributed by atoms with Gasteiger partial charge in [0.15, 0.2) is 0 Å². The summed E-state index contributed by atoms with van der Waals surface area (Å²) in [7, 11) is 0. The molecule has 0 saturated carbocycles. The first-order valence-corrected chi connectivity index (χ1v) is 6.61. The highest BCUT2D eigenvalue weighted by molar-refractivity contribution is 5.61. The third-order valence-electron chi connectivity index (χ3n) is 3.34. The smallest absolute Gasteiger partial charge is 0.248 e. The zero-order chi connectivity index (χ0) is 14.1. The van der Waals surface area contributed by atoms with Crippen LogP contribution in [-0.2, 0) is 0 Å². The average molecular weight is 264 g/mol. The molecule has 0 N–H and O–H groups in total. The van der Waals surface area contributed by atoms with Gasteiger partial charge in [0.2, 0.25) is 11.8 Å². The molecule has 3 nitrogen and oxygen atoms in total. The molecule has 0 spiro atoms. The Kier molecular flexibility index (Phi) is 3.11. The molecule has 0 aliphatic heterocycles. The minimum absolute atomic E-state index is 0.556. The molecular weight excluding hydrogens is 248 g/mol. The van der Waals surface area contributed by atoms with Crippen molar-refractivity contribution in [3.8, 4) is 22.9 Å². The van der Waals surface area contributed by atoms with Gasteiger partial charge < -0.3 is 4.42 Å². The summed E-state index contributed by atoms with van der Waals surface area (Å²) in [5.41, 5.74) is 5.51. The quantitative estimate of drug-likeness (QED) is 0.691. The van der Waals surface area contributed by atoms with E-state index in [9.17, 15) is 0 Å². The van der Waals surface area contributed by atoms with Gasteiger partial charge in [-0.2, -0.15) is 0 Å². The van der Waals surface area contributed by atoms with Crippen LogP contribution in [0.1, 0.15) is 16.7 Å². The van der Waals surface area contributed by atoms with Crippen LogP contribution in [0.25, 0.3) is 22.9 Å². The molecule has 0 aliphatic carbocycles. The first-order valence-electron chi connectivity index (χ1n) is 6.61. The predicted molar refractivity (Wildman–Crippen MR) is 79.4 cm³/mol. The van der Waals surface area contributed by atoms with Crippen molar-refractivity contribution in [3.05, 3.63) is 59.2 Å². The Hall–Kier alpha value is -2.42. The Balaban J connectivity index is 1.99. The summed E-state index contributed by atoms with van der Waals surface area (Å²) in [6.45, 7) is 6.18. The zero-order valence-corrected chi connectivity index (χ0v) is 11.8. The van der Waals surface area contributed by atoms with Gasteiger partial charge >= 0.3 is 0 Å². The van der Waals surface area contributed by atoms with Crippen LogP contribution in [0, 0.1) is 20.8 Å². The second-order valence-corrected chi connectivity index (χ2v) is 5.10. The largest absolute Gasteiger partial charge is 0.416 e. The minimum atomic E-state index is 0.556. The summed E-state index contributed by atoms with van der Waals surface area (Å²) in [5.74, 6) is 1.12. The molecule has 1 heterocycles. The van der Waals surface area contributed by atoms with E-state index in [0.717, 1.165) is 16.7 Å². The van der Waals surface area contributed by atoms with Crippen LogP contribution in [0.5, 0.6) is 0 Å². The number of hydrogen-bond acceptors (Lipinski definition) is 3. The van der Waals surface area contributed by atoms with Crippen molar-refractivity contribution < 1.29 is 4.42 Å². The Bertz CT molecular complexity index is 742. The number of rotatable bonds is 2. The Morgan fingerprint density at radius 2 is 1.40 bits per heavy atom.